The summed E-state index contributed by atoms with van der Waals surface area (Å²) in [5, 5.41) is 3.41. The molecule has 132 valence electrons. The summed E-state index contributed by atoms with van der Waals surface area (Å²) in [4.78, 5) is 21.3. The van der Waals surface area contributed by atoms with Gasteiger partial charge in [-0.3, -0.25) is 9.69 Å². The fourth-order valence-corrected chi connectivity index (χ4v) is 3.46. The SMILES string of the molecule is CCC(CNc1cc(C(=O)N2CCCC2)ccn1)N1CCOCC1. The Morgan fingerprint density at radius 1 is 1.29 bits per heavy atom. The zero-order valence-electron chi connectivity index (χ0n) is 14.5. The molecule has 0 spiro atoms. The van der Waals surface area contributed by atoms with Crippen molar-refractivity contribution in [2.24, 2.45) is 0 Å². The fraction of sp³-hybridized carbons (Fsp3) is 0.667. The fourth-order valence-electron chi connectivity index (χ4n) is 3.46. The zero-order valence-corrected chi connectivity index (χ0v) is 14.5. The highest BCUT2D eigenvalue weighted by molar-refractivity contribution is 5.95. The molecule has 1 aromatic rings. The van der Waals surface area contributed by atoms with Crippen LogP contribution >= 0.6 is 0 Å². The molecule has 0 bridgehead atoms. The summed E-state index contributed by atoms with van der Waals surface area (Å²) in [6.45, 7) is 8.40. The van der Waals surface area contributed by atoms with Crippen LogP contribution < -0.4 is 5.32 Å². The van der Waals surface area contributed by atoms with E-state index >= 15 is 0 Å². The van der Waals surface area contributed by atoms with E-state index < -0.39 is 0 Å². The number of likely N-dealkylation sites (tertiary alicyclic amines) is 1. The lowest BCUT2D eigenvalue weighted by Gasteiger charge is -2.34. The molecule has 1 amide bonds. The highest BCUT2D eigenvalue weighted by Crippen LogP contribution is 2.15. The first-order chi connectivity index (χ1) is 11.8. The molecule has 0 aliphatic carbocycles. The van der Waals surface area contributed by atoms with E-state index in [1.165, 1.54) is 0 Å². The van der Waals surface area contributed by atoms with E-state index in [4.69, 9.17) is 4.74 Å². The number of hydrogen-bond donors (Lipinski definition) is 1. The van der Waals surface area contributed by atoms with Gasteiger partial charge in [0.1, 0.15) is 5.82 Å². The molecule has 2 aliphatic rings. The van der Waals surface area contributed by atoms with E-state index in [-0.39, 0.29) is 5.91 Å². The van der Waals surface area contributed by atoms with Gasteiger partial charge in [-0.25, -0.2) is 4.98 Å². The number of nitrogens with zero attached hydrogens (tertiary/aromatic N) is 3. The van der Waals surface area contributed by atoms with Gasteiger partial charge in [0, 0.05) is 50.5 Å². The molecule has 6 heteroatoms. The topological polar surface area (TPSA) is 57.7 Å². The Morgan fingerprint density at radius 2 is 2.04 bits per heavy atom. The Labute approximate surface area is 144 Å². The van der Waals surface area contributed by atoms with Crippen LogP contribution in [0.1, 0.15) is 36.5 Å². The molecule has 2 aliphatic heterocycles. The van der Waals surface area contributed by atoms with Crippen LogP contribution in [0.25, 0.3) is 0 Å². The molecule has 3 heterocycles. The van der Waals surface area contributed by atoms with Gasteiger partial charge in [0.15, 0.2) is 0 Å². The Hall–Kier alpha value is -1.66. The van der Waals surface area contributed by atoms with E-state index in [2.05, 4.69) is 22.1 Å². The van der Waals surface area contributed by atoms with Crippen molar-refractivity contribution in [3.8, 4) is 0 Å². The Kier molecular flexibility index (Phi) is 6.04. The number of hydrogen-bond acceptors (Lipinski definition) is 5. The van der Waals surface area contributed by atoms with Crippen LogP contribution in [0, 0.1) is 0 Å². The number of morpholine rings is 1. The minimum absolute atomic E-state index is 0.123. The molecule has 0 radical (unpaired) electrons. The van der Waals surface area contributed by atoms with Crippen molar-refractivity contribution in [2.75, 3.05) is 51.3 Å². The summed E-state index contributed by atoms with van der Waals surface area (Å²) in [6.07, 6.45) is 5.03. The van der Waals surface area contributed by atoms with E-state index in [0.29, 0.717) is 6.04 Å². The summed E-state index contributed by atoms with van der Waals surface area (Å²) >= 11 is 0. The van der Waals surface area contributed by atoms with E-state index in [9.17, 15) is 4.79 Å². The average molecular weight is 332 g/mol. The van der Waals surface area contributed by atoms with Crippen LogP contribution in [-0.2, 0) is 4.74 Å². The standard InChI is InChI=1S/C18H28N4O2/c1-2-16(21-9-11-24-12-10-21)14-20-17-13-15(5-6-19-17)18(23)22-7-3-4-8-22/h5-6,13,16H,2-4,7-12,14H2,1H3,(H,19,20). The molecule has 1 aromatic heterocycles. The van der Waals surface area contributed by atoms with Crippen molar-refractivity contribution < 1.29 is 9.53 Å². The summed E-state index contributed by atoms with van der Waals surface area (Å²) in [5.74, 6) is 0.907. The number of rotatable bonds is 6. The summed E-state index contributed by atoms with van der Waals surface area (Å²) in [6, 6.07) is 4.16. The van der Waals surface area contributed by atoms with E-state index in [0.717, 1.165) is 76.6 Å². The number of anilines is 1. The third kappa shape index (κ3) is 4.24. The van der Waals surface area contributed by atoms with Gasteiger partial charge in [0.05, 0.1) is 13.2 Å². The summed E-state index contributed by atoms with van der Waals surface area (Å²) in [7, 11) is 0. The van der Waals surface area contributed by atoms with Crippen LogP contribution in [0.15, 0.2) is 18.3 Å². The average Bonchev–Trinajstić information content (AvgIpc) is 3.17. The van der Waals surface area contributed by atoms with Crippen LogP contribution in [0.3, 0.4) is 0 Å². The second-order valence-corrected chi connectivity index (χ2v) is 6.52. The summed E-state index contributed by atoms with van der Waals surface area (Å²) < 4.78 is 5.43. The van der Waals surface area contributed by atoms with Crippen molar-refractivity contribution >= 4 is 11.7 Å². The second kappa shape index (κ2) is 8.44. The Bertz CT molecular complexity index is 540. The van der Waals surface area contributed by atoms with E-state index in [1.807, 2.05) is 17.0 Å². The molecular weight excluding hydrogens is 304 g/mol. The van der Waals surface area contributed by atoms with Crippen molar-refractivity contribution in [3.63, 3.8) is 0 Å². The number of nitrogens with one attached hydrogen (secondary N) is 1. The lowest BCUT2D eigenvalue weighted by molar-refractivity contribution is 0.0184. The maximum atomic E-state index is 12.5. The molecule has 2 fully saturated rings. The van der Waals surface area contributed by atoms with Crippen molar-refractivity contribution in [1.82, 2.24) is 14.8 Å². The van der Waals surface area contributed by atoms with Gasteiger partial charge in [-0.1, -0.05) is 6.92 Å². The first-order valence-corrected chi connectivity index (χ1v) is 9.09. The third-order valence-corrected chi connectivity index (χ3v) is 4.95. The van der Waals surface area contributed by atoms with Crippen LogP contribution in [0.4, 0.5) is 5.82 Å². The normalized spacial score (nSPS) is 20.1. The minimum atomic E-state index is 0.123. The first-order valence-electron chi connectivity index (χ1n) is 9.09. The maximum absolute atomic E-state index is 12.5. The number of carbonyl (C=O) groups is 1. The molecule has 1 atom stereocenters. The van der Waals surface area contributed by atoms with Gasteiger partial charge >= 0.3 is 0 Å². The van der Waals surface area contributed by atoms with Gasteiger partial charge in [-0.2, -0.15) is 0 Å². The molecule has 0 saturated carbocycles. The summed E-state index contributed by atoms with van der Waals surface area (Å²) in [5.41, 5.74) is 0.730. The largest absolute Gasteiger partial charge is 0.379 e. The predicted octanol–water partition coefficient (Wildman–Crippen LogP) is 1.84. The second-order valence-electron chi connectivity index (χ2n) is 6.52. The van der Waals surface area contributed by atoms with Crippen LogP contribution in [-0.4, -0.2) is 72.7 Å². The molecule has 3 rings (SSSR count). The highest BCUT2D eigenvalue weighted by Gasteiger charge is 2.21. The third-order valence-electron chi connectivity index (χ3n) is 4.95. The lowest BCUT2D eigenvalue weighted by atomic mass is 10.1. The van der Waals surface area contributed by atoms with Crippen molar-refractivity contribution in [3.05, 3.63) is 23.9 Å². The molecule has 1 unspecified atom stereocenters. The molecule has 6 nitrogen and oxygen atoms in total. The highest BCUT2D eigenvalue weighted by atomic mass is 16.5. The number of carbonyl (C=O) groups excluding carboxylic acids is 1. The van der Waals surface area contributed by atoms with Gasteiger partial charge < -0.3 is 15.0 Å². The van der Waals surface area contributed by atoms with Crippen LogP contribution in [0.5, 0.6) is 0 Å². The van der Waals surface area contributed by atoms with Crippen molar-refractivity contribution in [1.29, 1.82) is 0 Å². The first kappa shape index (κ1) is 17.2. The zero-order chi connectivity index (χ0) is 16.8. The molecule has 24 heavy (non-hydrogen) atoms. The van der Waals surface area contributed by atoms with E-state index in [1.54, 1.807) is 6.20 Å². The van der Waals surface area contributed by atoms with Crippen molar-refractivity contribution in [2.45, 2.75) is 32.2 Å². The molecule has 0 aromatic carbocycles. The van der Waals surface area contributed by atoms with Gasteiger partial charge in [-0.05, 0) is 31.4 Å². The van der Waals surface area contributed by atoms with Crippen LogP contribution in [0.2, 0.25) is 0 Å². The number of pyridine rings is 1. The monoisotopic (exact) mass is 332 g/mol. The quantitative estimate of drug-likeness (QED) is 0.861. The van der Waals surface area contributed by atoms with Gasteiger partial charge in [0.25, 0.3) is 5.91 Å². The number of aromatic nitrogens is 1. The molecular formula is C18H28N4O2. The number of ether oxygens (including phenoxy) is 1. The molecule has 2 saturated heterocycles. The molecule has 1 N–H and O–H groups in total. The van der Waals surface area contributed by atoms with Gasteiger partial charge in [0.2, 0.25) is 0 Å². The lowest BCUT2D eigenvalue weighted by Crippen LogP contribution is -2.46. The van der Waals surface area contributed by atoms with Gasteiger partial charge in [-0.15, -0.1) is 0 Å². The predicted molar refractivity (Wildman–Crippen MR) is 94.3 cm³/mol. The Morgan fingerprint density at radius 3 is 2.75 bits per heavy atom. The number of amides is 1. The minimum Gasteiger partial charge on any atom is -0.379 e. The maximum Gasteiger partial charge on any atom is 0.254 e. The Balaban J connectivity index is 1.58. The smallest absolute Gasteiger partial charge is 0.254 e.